The second-order valence-corrected chi connectivity index (χ2v) is 2.58. The predicted molar refractivity (Wildman–Crippen MR) is 49.9 cm³/mol. The summed E-state index contributed by atoms with van der Waals surface area (Å²) in [6.07, 6.45) is 7.72. The summed E-state index contributed by atoms with van der Waals surface area (Å²) in [7, 11) is 0. The lowest BCUT2D eigenvalue weighted by Gasteiger charge is -1.98. The number of hydrogen-bond acceptors (Lipinski definition) is 2. The molecule has 0 aromatic rings. The monoisotopic (exact) mass is 170 g/mol. The van der Waals surface area contributed by atoms with Crippen molar-refractivity contribution in [2.75, 3.05) is 6.61 Å². The molecule has 0 atom stereocenters. The lowest BCUT2D eigenvalue weighted by molar-refractivity contribution is -0.143. The van der Waals surface area contributed by atoms with Crippen molar-refractivity contribution in [2.24, 2.45) is 0 Å². The van der Waals surface area contributed by atoms with E-state index in [0.717, 1.165) is 19.3 Å². The van der Waals surface area contributed by atoms with Crippen molar-refractivity contribution in [1.82, 2.24) is 0 Å². The molecule has 2 nitrogen and oxygen atoms in total. The molecule has 0 radical (unpaired) electrons. The molecule has 0 heterocycles. The molecular weight excluding hydrogens is 152 g/mol. The van der Waals surface area contributed by atoms with E-state index in [9.17, 15) is 4.79 Å². The summed E-state index contributed by atoms with van der Waals surface area (Å²) < 4.78 is 4.79. The molecule has 0 saturated heterocycles. The molecule has 0 aromatic heterocycles. The van der Waals surface area contributed by atoms with Gasteiger partial charge in [0.2, 0.25) is 0 Å². The number of hydrogen-bond donors (Lipinski definition) is 0. The fourth-order valence-electron chi connectivity index (χ4n) is 0.882. The van der Waals surface area contributed by atoms with Crippen LogP contribution in [0.1, 0.15) is 39.5 Å². The third-order valence-corrected chi connectivity index (χ3v) is 1.46. The molecule has 0 fully saturated rings. The van der Waals surface area contributed by atoms with E-state index in [2.05, 4.69) is 19.1 Å². The lowest BCUT2D eigenvalue weighted by atomic mass is 10.2. The normalized spacial score (nSPS) is 10.5. The van der Waals surface area contributed by atoms with Gasteiger partial charge in [0.1, 0.15) is 0 Å². The highest BCUT2D eigenvalue weighted by molar-refractivity contribution is 5.69. The smallest absolute Gasteiger partial charge is 0.305 e. The van der Waals surface area contributed by atoms with Gasteiger partial charge in [0.25, 0.3) is 0 Å². The molecule has 2 heteroatoms. The van der Waals surface area contributed by atoms with E-state index in [1.54, 1.807) is 0 Å². The van der Waals surface area contributed by atoms with Gasteiger partial charge in [-0.2, -0.15) is 0 Å². The zero-order valence-corrected chi connectivity index (χ0v) is 8.01. The Morgan fingerprint density at radius 2 is 2.08 bits per heavy atom. The average molecular weight is 170 g/mol. The van der Waals surface area contributed by atoms with E-state index in [1.165, 1.54) is 0 Å². The summed E-state index contributed by atoms with van der Waals surface area (Å²) in [5, 5.41) is 0. The fourth-order valence-corrected chi connectivity index (χ4v) is 0.882. The number of ether oxygens (including phenoxy) is 1. The summed E-state index contributed by atoms with van der Waals surface area (Å²) in [6, 6.07) is 0. The molecule has 0 aliphatic carbocycles. The van der Waals surface area contributed by atoms with E-state index < -0.39 is 0 Å². The van der Waals surface area contributed by atoms with Crippen LogP contribution in [-0.2, 0) is 9.53 Å². The van der Waals surface area contributed by atoms with Crippen molar-refractivity contribution in [3.8, 4) is 0 Å². The van der Waals surface area contributed by atoms with Crippen molar-refractivity contribution in [2.45, 2.75) is 39.5 Å². The SMILES string of the molecule is CC/C=C\CCCC(=O)OCC. The molecule has 70 valence electrons. The van der Waals surface area contributed by atoms with Crippen LogP contribution in [0.2, 0.25) is 0 Å². The Labute approximate surface area is 74.6 Å². The van der Waals surface area contributed by atoms with Crippen molar-refractivity contribution in [3.05, 3.63) is 12.2 Å². The molecular formula is C10H18O2. The Kier molecular flexibility index (Phi) is 7.76. The number of unbranched alkanes of at least 4 members (excludes halogenated alkanes) is 1. The van der Waals surface area contributed by atoms with Gasteiger partial charge in [-0.3, -0.25) is 4.79 Å². The van der Waals surface area contributed by atoms with Gasteiger partial charge in [0, 0.05) is 6.42 Å². The third kappa shape index (κ3) is 7.32. The molecule has 0 aliphatic rings. The molecule has 0 rings (SSSR count). The van der Waals surface area contributed by atoms with Gasteiger partial charge >= 0.3 is 5.97 Å². The van der Waals surface area contributed by atoms with Crippen LogP contribution < -0.4 is 0 Å². The van der Waals surface area contributed by atoms with E-state index >= 15 is 0 Å². The summed E-state index contributed by atoms with van der Waals surface area (Å²) in [5.41, 5.74) is 0. The van der Waals surface area contributed by atoms with Crippen molar-refractivity contribution < 1.29 is 9.53 Å². The minimum Gasteiger partial charge on any atom is -0.466 e. The Hall–Kier alpha value is -0.790. The lowest BCUT2D eigenvalue weighted by Crippen LogP contribution is -2.02. The first-order valence-electron chi connectivity index (χ1n) is 4.61. The molecule has 0 unspecified atom stereocenters. The van der Waals surface area contributed by atoms with Crippen LogP contribution in [0.15, 0.2) is 12.2 Å². The van der Waals surface area contributed by atoms with E-state index in [-0.39, 0.29) is 5.97 Å². The van der Waals surface area contributed by atoms with Gasteiger partial charge in [0.05, 0.1) is 6.61 Å². The quantitative estimate of drug-likeness (QED) is 0.348. The highest BCUT2D eigenvalue weighted by Gasteiger charge is 1.98. The van der Waals surface area contributed by atoms with Gasteiger partial charge < -0.3 is 4.74 Å². The first kappa shape index (κ1) is 11.2. The zero-order valence-electron chi connectivity index (χ0n) is 8.01. The molecule has 0 saturated carbocycles. The van der Waals surface area contributed by atoms with Crippen LogP contribution in [0.3, 0.4) is 0 Å². The Morgan fingerprint density at radius 3 is 2.67 bits per heavy atom. The maximum absolute atomic E-state index is 10.8. The third-order valence-electron chi connectivity index (χ3n) is 1.46. The van der Waals surface area contributed by atoms with Crippen molar-refractivity contribution in [3.63, 3.8) is 0 Å². The van der Waals surface area contributed by atoms with Gasteiger partial charge in [-0.15, -0.1) is 0 Å². The maximum Gasteiger partial charge on any atom is 0.305 e. The number of esters is 1. The highest BCUT2D eigenvalue weighted by atomic mass is 16.5. The van der Waals surface area contributed by atoms with Gasteiger partial charge in [-0.05, 0) is 26.2 Å². The van der Waals surface area contributed by atoms with Crippen molar-refractivity contribution >= 4 is 5.97 Å². The Balaban J connectivity index is 3.19. The minimum absolute atomic E-state index is 0.0811. The highest BCUT2D eigenvalue weighted by Crippen LogP contribution is 1.99. The van der Waals surface area contributed by atoms with Crippen LogP contribution in [0.25, 0.3) is 0 Å². The predicted octanol–water partition coefficient (Wildman–Crippen LogP) is 2.69. The zero-order chi connectivity index (χ0) is 9.23. The first-order valence-corrected chi connectivity index (χ1v) is 4.61. The van der Waals surface area contributed by atoms with Gasteiger partial charge in [-0.1, -0.05) is 19.1 Å². The number of rotatable bonds is 6. The maximum atomic E-state index is 10.8. The summed E-state index contributed by atoms with van der Waals surface area (Å²) in [6.45, 7) is 4.42. The van der Waals surface area contributed by atoms with Crippen LogP contribution in [0.5, 0.6) is 0 Å². The van der Waals surface area contributed by atoms with E-state index in [1.807, 2.05) is 6.92 Å². The van der Waals surface area contributed by atoms with Crippen molar-refractivity contribution in [1.29, 1.82) is 0 Å². The standard InChI is InChI=1S/C10H18O2/c1-3-5-6-7-8-9-10(11)12-4-2/h5-6H,3-4,7-9H2,1-2H3/b6-5-. The first-order chi connectivity index (χ1) is 5.81. The van der Waals surface area contributed by atoms with Crippen LogP contribution in [0.4, 0.5) is 0 Å². The average Bonchev–Trinajstić information content (AvgIpc) is 2.05. The summed E-state index contributed by atoms with van der Waals surface area (Å²) in [5.74, 6) is -0.0811. The fraction of sp³-hybridized carbons (Fsp3) is 0.700. The largest absolute Gasteiger partial charge is 0.466 e. The topological polar surface area (TPSA) is 26.3 Å². The number of carbonyl (C=O) groups excluding carboxylic acids is 1. The molecule has 0 amide bonds. The molecule has 0 aromatic carbocycles. The Morgan fingerprint density at radius 1 is 1.33 bits per heavy atom. The van der Waals surface area contributed by atoms with Gasteiger partial charge in [-0.25, -0.2) is 0 Å². The molecule has 12 heavy (non-hydrogen) atoms. The Bertz CT molecular complexity index is 139. The van der Waals surface area contributed by atoms with Crippen LogP contribution >= 0.6 is 0 Å². The molecule has 0 spiro atoms. The van der Waals surface area contributed by atoms with E-state index in [4.69, 9.17) is 4.74 Å². The van der Waals surface area contributed by atoms with Gasteiger partial charge in [0.15, 0.2) is 0 Å². The number of allylic oxidation sites excluding steroid dienone is 2. The van der Waals surface area contributed by atoms with Crippen LogP contribution in [0, 0.1) is 0 Å². The number of carbonyl (C=O) groups is 1. The second-order valence-electron chi connectivity index (χ2n) is 2.58. The summed E-state index contributed by atoms with van der Waals surface area (Å²) in [4.78, 5) is 10.8. The molecule has 0 bridgehead atoms. The van der Waals surface area contributed by atoms with Crippen LogP contribution in [-0.4, -0.2) is 12.6 Å². The second kappa shape index (κ2) is 8.31. The molecule has 0 N–H and O–H groups in total. The minimum atomic E-state index is -0.0811. The van der Waals surface area contributed by atoms with E-state index in [0.29, 0.717) is 13.0 Å². The molecule has 0 aliphatic heterocycles. The summed E-state index contributed by atoms with van der Waals surface area (Å²) >= 11 is 0.